The Kier molecular flexibility index (Phi) is 6.40. The molecule has 0 bridgehead atoms. The largest absolute Gasteiger partial charge is 0.489 e. The molecular weight excluding hydrogens is 348 g/mol. The first-order chi connectivity index (χ1) is 13.2. The summed E-state index contributed by atoms with van der Waals surface area (Å²) in [5.41, 5.74) is 7.27. The van der Waals surface area contributed by atoms with Gasteiger partial charge in [-0.1, -0.05) is 24.3 Å². The number of nitrogen functional groups attached to an aromatic ring is 1. The normalized spacial score (nSPS) is 13.1. The van der Waals surface area contributed by atoms with E-state index < -0.39 is 0 Å². The van der Waals surface area contributed by atoms with Gasteiger partial charge in [0.05, 0.1) is 49.8 Å². The van der Waals surface area contributed by atoms with E-state index in [4.69, 9.17) is 19.9 Å². The zero-order valence-electron chi connectivity index (χ0n) is 14.9. The number of nitrogens with zero attached hydrogens (tertiary/aromatic N) is 1. The third kappa shape index (κ3) is 4.64. The molecule has 2 aromatic carbocycles. The average molecular weight is 370 g/mol. The Labute approximate surface area is 157 Å². The minimum absolute atomic E-state index is 0.225. The monoisotopic (exact) mass is 370 g/mol. The van der Waals surface area contributed by atoms with Crippen LogP contribution in [0.15, 0.2) is 48.5 Å². The Hall–Kier alpha value is -2.90. The molecule has 0 fully saturated rings. The van der Waals surface area contributed by atoms with Crippen LogP contribution in [0.4, 0.5) is 5.69 Å². The number of hydrogen-bond donors (Lipinski definition) is 1. The lowest BCUT2D eigenvalue weighted by Crippen LogP contribution is -2.33. The summed E-state index contributed by atoms with van der Waals surface area (Å²) in [6.45, 7) is 2.07. The third-order valence-electron chi connectivity index (χ3n) is 4.11. The fourth-order valence-electron chi connectivity index (χ4n) is 2.74. The van der Waals surface area contributed by atoms with Crippen molar-refractivity contribution >= 4 is 17.5 Å². The summed E-state index contributed by atoms with van der Waals surface area (Å²) in [5.74, 6) is 0.0962. The lowest BCUT2D eigenvalue weighted by Gasteiger charge is -2.14. The van der Waals surface area contributed by atoms with Gasteiger partial charge in [-0.15, -0.1) is 0 Å². The van der Waals surface area contributed by atoms with Crippen LogP contribution < -0.4 is 10.5 Å². The van der Waals surface area contributed by atoms with E-state index in [1.807, 2.05) is 12.1 Å². The highest BCUT2D eigenvalue weighted by Gasteiger charge is 2.34. The number of para-hydroxylation sites is 2. The Balaban J connectivity index is 1.26. The van der Waals surface area contributed by atoms with E-state index in [0.29, 0.717) is 49.0 Å². The Morgan fingerprint density at radius 2 is 1.30 bits per heavy atom. The predicted octanol–water partition coefficient (Wildman–Crippen LogP) is 1.98. The van der Waals surface area contributed by atoms with E-state index >= 15 is 0 Å². The fraction of sp³-hybridized carbons (Fsp3) is 0.300. The van der Waals surface area contributed by atoms with Gasteiger partial charge in [-0.25, -0.2) is 0 Å². The van der Waals surface area contributed by atoms with Gasteiger partial charge < -0.3 is 19.9 Å². The molecule has 0 aliphatic carbocycles. The molecule has 1 heterocycles. The van der Waals surface area contributed by atoms with Crippen LogP contribution in [-0.4, -0.2) is 56.3 Å². The summed E-state index contributed by atoms with van der Waals surface area (Å²) in [7, 11) is 0. The van der Waals surface area contributed by atoms with E-state index in [2.05, 4.69) is 0 Å². The molecule has 7 heteroatoms. The highest BCUT2D eigenvalue weighted by Crippen LogP contribution is 2.22. The highest BCUT2D eigenvalue weighted by molar-refractivity contribution is 6.21. The molecule has 0 saturated carbocycles. The molecule has 2 aromatic rings. The number of rotatable bonds is 10. The number of ether oxygens (including phenoxy) is 3. The minimum Gasteiger partial charge on any atom is -0.489 e. The van der Waals surface area contributed by atoms with Crippen LogP contribution in [0, 0.1) is 0 Å². The summed E-state index contributed by atoms with van der Waals surface area (Å²) >= 11 is 0. The lowest BCUT2D eigenvalue weighted by atomic mass is 10.1. The van der Waals surface area contributed by atoms with E-state index in [0.717, 1.165) is 0 Å². The first-order valence-electron chi connectivity index (χ1n) is 8.76. The summed E-state index contributed by atoms with van der Waals surface area (Å²) in [4.78, 5) is 25.6. The minimum atomic E-state index is -0.271. The molecule has 2 amide bonds. The Morgan fingerprint density at radius 1 is 0.741 bits per heavy atom. The molecule has 1 aliphatic heterocycles. The van der Waals surface area contributed by atoms with Crippen molar-refractivity contribution in [2.45, 2.75) is 0 Å². The van der Waals surface area contributed by atoms with Gasteiger partial charge in [0.25, 0.3) is 11.8 Å². The van der Waals surface area contributed by atoms with Crippen LogP contribution >= 0.6 is 0 Å². The Bertz CT molecular complexity index is 773. The van der Waals surface area contributed by atoms with Crippen LogP contribution in [0.3, 0.4) is 0 Å². The second kappa shape index (κ2) is 9.16. The first kappa shape index (κ1) is 18.9. The van der Waals surface area contributed by atoms with E-state index in [-0.39, 0.29) is 25.0 Å². The van der Waals surface area contributed by atoms with E-state index in [9.17, 15) is 9.59 Å². The van der Waals surface area contributed by atoms with Crippen LogP contribution in [0.25, 0.3) is 0 Å². The number of anilines is 1. The zero-order valence-corrected chi connectivity index (χ0v) is 14.9. The van der Waals surface area contributed by atoms with Crippen molar-refractivity contribution in [3.05, 3.63) is 59.7 Å². The van der Waals surface area contributed by atoms with Crippen molar-refractivity contribution in [2.24, 2.45) is 0 Å². The van der Waals surface area contributed by atoms with Crippen LogP contribution in [-0.2, 0) is 9.47 Å². The third-order valence-corrected chi connectivity index (χ3v) is 4.11. The maximum atomic E-state index is 12.2. The zero-order chi connectivity index (χ0) is 19.1. The molecule has 27 heavy (non-hydrogen) atoms. The highest BCUT2D eigenvalue weighted by atomic mass is 16.5. The lowest BCUT2D eigenvalue weighted by molar-refractivity contribution is 0.0283. The number of imide groups is 1. The molecule has 0 radical (unpaired) electrons. The molecule has 0 unspecified atom stereocenters. The summed E-state index contributed by atoms with van der Waals surface area (Å²) in [5, 5.41) is 0. The number of amides is 2. The standard InChI is InChI=1S/C20H22N2O5/c21-17-7-3-4-8-18(17)27-14-13-26-12-11-25-10-9-22-19(23)15-5-1-2-6-16(15)20(22)24/h1-8H,9-14,21H2. The van der Waals surface area contributed by atoms with Gasteiger partial charge >= 0.3 is 0 Å². The van der Waals surface area contributed by atoms with Gasteiger partial charge in [0, 0.05) is 0 Å². The van der Waals surface area contributed by atoms with Gasteiger partial charge in [0.1, 0.15) is 12.4 Å². The predicted molar refractivity (Wildman–Crippen MR) is 99.8 cm³/mol. The molecule has 0 atom stereocenters. The van der Waals surface area contributed by atoms with Gasteiger partial charge in [-0.3, -0.25) is 14.5 Å². The van der Waals surface area contributed by atoms with Gasteiger partial charge in [0.2, 0.25) is 0 Å². The fourth-order valence-corrected chi connectivity index (χ4v) is 2.74. The molecule has 0 saturated heterocycles. The molecule has 0 aromatic heterocycles. The molecule has 142 valence electrons. The maximum absolute atomic E-state index is 12.2. The number of carbonyl (C=O) groups excluding carboxylic acids is 2. The molecule has 2 N–H and O–H groups in total. The second-order valence-electron chi connectivity index (χ2n) is 5.92. The van der Waals surface area contributed by atoms with Crippen molar-refractivity contribution in [3.8, 4) is 5.75 Å². The maximum Gasteiger partial charge on any atom is 0.261 e. The molecule has 0 spiro atoms. The van der Waals surface area contributed by atoms with Crippen LogP contribution in [0.2, 0.25) is 0 Å². The second-order valence-corrected chi connectivity index (χ2v) is 5.92. The Morgan fingerprint density at radius 3 is 1.96 bits per heavy atom. The van der Waals surface area contributed by atoms with Crippen molar-refractivity contribution in [2.75, 3.05) is 45.3 Å². The number of nitrogens with two attached hydrogens (primary N) is 1. The molecule has 1 aliphatic rings. The van der Waals surface area contributed by atoms with Crippen molar-refractivity contribution in [1.82, 2.24) is 4.90 Å². The number of fused-ring (bicyclic) bond motifs is 1. The summed E-state index contributed by atoms with van der Waals surface area (Å²) in [6.07, 6.45) is 0. The van der Waals surface area contributed by atoms with Crippen LogP contribution in [0.1, 0.15) is 20.7 Å². The van der Waals surface area contributed by atoms with Crippen molar-refractivity contribution in [3.63, 3.8) is 0 Å². The number of hydrogen-bond acceptors (Lipinski definition) is 6. The van der Waals surface area contributed by atoms with Crippen molar-refractivity contribution in [1.29, 1.82) is 0 Å². The quantitative estimate of drug-likeness (QED) is 0.391. The number of benzene rings is 2. The van der Waals surface area contributed by atoms with Crippen LogP contribution in [0.5, 0.6) is 5.75 Å². The smallest absolute Gasteiger partial charge is 0.261 e. The molecular formula is C20H22N2O5. The molecule has 3 rings (SSSR count). The average Bonchev–Trinajstić information content (AvgIpc) is 2.93. The first-order valence-corrected chi connectivity index (χ1v) is 8.76. The SMILES string of the molecule is Nc1ccccc1OCCOCCOCCN1C(=O)c2ccccc2C1=O. The molecule has 7 nitrogen and oxygen atoms in total. The van der Waals surface area contributed by atoms with Gasteiger partial charge in [0.15, 0.2) is 0 Å². The summed E-state index contributed by atoms with van der Waals surface area (Å²) < 4.78 is 16.4. The van der Waals surface area contributed by atoms with Crippen molar-refractivity contribution < 1.29 is 23.8 Å². The number of carbonyl (C=O) groups is 2. The topological polar surface area (TPSA) is 91.1 Å². The summed E-state index contributed by atoms with van der Waals surface area (Å²) in [6, 6.07) is 14.1. The van der Waals surface area contributed by atoms with Gasteiger partial charge in [-0.05, 0) is 24.3 Å². The van der Waals surface area contributed by atoms with Gasteiger partial charge in [-0.2, -0.15) is 0 Å². The van der Waals surface area contributed by atoms with E-state index in [1.54, 1.807) is 36.4 Å². The van der Waals surface area contributed by atoms with E-state index in [1.165, 1.54) is 4.90 Å².